The summed E-state index contributed by atoms with van der Waals surface area (Å²) < 4.78 is 26.4. The number of nitrogens with zero attached hydrogens (tertiary/aromatic N) is 3. The molecule has 1 unspecified atom stereocenters. The van der Waals surface area contributed by atoms with Crippen molar-refractivity contribution in [2.45, 2.75) is 31.5 Å². The molecule has 35 heavy (non-hydrogen) atoms. The van der Waals surface area contributed by atoms with Crippen molar-refractivity contribution in [2.24, 2.45) is 7.05 Å². The van der Waals surface area contributed by atoms with E-state index in [9.17, 15) is 14.3 Å². The van der Waals surface area contributed by atoms with Gasteiger partial charge in [0.1, 0.15) is 11.6 Å². The second kappa shape index (κ2) is 9.77. The molecule has 0 bridgehead atoms. The van der Waals surface area contributed by atoms with Crippen LogP contribution in [0.2, 0.25) is 0 Å². The summed E-state index contributed by atoms with van der Waals surface area (Å²) in [6.45, 7) is 2.55. The van der Waals surface area contributed by atoms with E-state index in [2.05, 4.69) is 15.2 Å². The number of aliphatic hydroxyl groups is 1. The number of halogens is 1. The fraction of sp³-hybridized carbons (Fsp3) is 0.385. The van der Waals surface area contributed by atoms with Crippen LogP contribution < -0.4 is 15.8 Å². The van der Waals surface area contributed by atoms with Gasteiger partial charge in [0.2, 0.25) is 0 Å². The van der Waals surface area contributed by atoms with E-state index in [4.69, 9.17) is 9.15 Å². The Morgan fingerprint density at radius 1 is 1.26 bits per heavy atom. The van der Waals surface area contributed by atoms with Gasteiger partial charge < -0.3 is 24.5 Å². The third kappa shape index (κ3) is 4.80. The van der Waals surface area contributed by atoms with Crippen LogP contribution in [-0.4, -0.2) is 52.3 Å². The molecule has 0 radical (unpaired) electrons. The summed E-state index contributed by atoms with van der Waals surface area (Å²) in [5.74, 6) is -0.128. The maximum Gasteiger partial charge on any atom is 0.419 e. The van der Waals surface area contributed by atoms with Crippen molar-refractivity contribution in [3.05, 3.63) is 70.1 Å². The Labute approximate surface area is 201 Å². The normalized spacial score (nSPS) is 16.2. The Bertz CT molecular complexity index is 1410. The Balaban J connectivity index is 1.18. The molecule has 1 atom stereocenters. The highest BCUT2D eigenvalue weighted by molar-refractivity contribution is 5.83. The average Bonchev–Trinajstić information content (AvgIpc) is 3.14. The van der Waals surface area contributed by atoms with E-state index >= 15 is 0 Å². The lowest BCUT2D eigenvalue weighted by atomic mass is 10.0. The second-order valence-electron chi connectivity index (χ2n) is 9.09. The molecule has 0 spiro atoms. The summed E-state index contributed by atoms with van der Waals surface area (Å²) in [5.41, 5.74) is 2.98. The Morgan fingerprint density at radius 2 is 2.06 bits per heavy atom. The Hall–Kier alpha value is -3.27. The molecule has 1 saturated heterocycles. The smallest absolute Gasteiger partial charge is 0.419 e. The zero-order chi connectivity index (χ0) is 24.5. The van der Waals surface area contributed by atoms with Crippen LogP contribution in [0.5, 0.6) is 5.75 Å². The van der Waals surface area contributed by atoms with Crippen LogP contribution in [0.4, 0.5) is 4.39 Å². The number of ether oxygens (including phenoxy) is 1. The van der Waals surface area contributed by atoms with Gasteiger partial charge in [0.25, 0.3) is 0 Å². The van der Waals surface area contributed by atoms with Crippen molar-refractivity contribution in [1.29, 1.82) is 0 Å². The molecule has 8 nitrogen and oxygen atoms in total. The zero-order valence-corrected chi connectivity index (χ0v) is 19.8. The minimum absolute atomic E-state index is 0.243. The number of benzene rings is 2. The van der Waals surface area contributed by atoms with Gasteiger partial charge in [0.05, 0.1) is 24.2 Å². The third-order valence-corrected chi connectivity index (χ3v) is 6.90. The van der Waals surface area contributed by atoms with Crippen LogP contribution in [-0.2, 0) is 13.6 Å². The van der Waals surface area contributed by atoms with Gasteiger partial charge in [-0.3, -0.25) is 9.55 Å². The topological polar surface area (TPSA) is 92.8 Å². The van der Waals surface area contributed by atoms with Crippen molar-refractivity contribution < 1.29 is 18.7 Å². The number of aryl methyl sites for hydroxylation is 1. The molecule has 5 rings (SSSR count). The standard InChI is InChI=1S/C26H29FN4O4/c1-30-23-13-21(27)16(11-25(23)35-26(30)33)14-29-17-6-9-31(10-7-17)15-24(32)19-5-8-28-22-4-3-18(34-2)12-20(19)22/h3-5,8,11-13,17,24,29,32H,6-7,9-10,14-15H2,1-2H3. The quantitative estimate of drug-likeness (QED) is 0.420. The average molecular weight is 481 g/mol. The minimum atomic E-state index is -0.640. The summed E-state index contributed by atoms with van der Waals surface area (Å²) in [7, 11) is 3.18. The van der Waals surface area contributed by atoms with Crippen molar-refractivity contribution in [3.63, 3.8) is 0 Å². The van der Waals surface area contributed by atoms with Gasteiger partial charge in [-0.05, 0) is 61.8 Å². The highest BCUT2D eigenvalue weighted by Gasteiger charge is 2.23. The van der Waals surface area contributed by atoms with Gasteiger partial charge in [-0.15, -0.1) is 0 Å². The van der Waals surface area contributed by atoms with Gasteiger partial charge in [-0.1, -0.05) is 0 Å². The van der Waals surface area contributed by atoms with Crippen molar-refractivity contribution in [3.8, 4) is 5.75 Å². The molecule has 1 aliphatic heterocycles. The Kier molecular flexibility index (Phi) is 6.55. The summed E-state index contributed by atoms with van der Waals surface area (Å²) in [6.07, 6.45) is 2.86. The molecule has 0 amide bonds. The fourth-order valence-corrected chi connectivity index (χ4v) is 4.81. The lowest BCUT2D eigenvalue weighted by molar-refractivity contribution is 0.0948. The van der Waals surface area contributed by atoms with E-state index in [1.54, 1.807) is 26.4 Å². The number of fused-ring (bicyclic) bond motifs is 2. The summed E-state index contributed by atoms with van der Waals surface area (Å²) in [6, 6.07) is 10.7. The molecule has 0 aliphatic carbocycles. The van der Waals surface area contributed by atoms with Crippen molar-refractivity contribution >= 4 is 22.0 Å². The van der Waals surface area contributed by atoms with Crippen LogP contribution in [0.1, 0.15) is 30.1 Å². The number of likely N-dealkylation sites (tertiary alicyclic amines) is 1. The monoisotopic (exact) mass is 480 g/mol. The highest BCUT2D eigenvalue weighted by atomic mass is 19.1. The zero-order valence-electron chi connectivity index (χ0n) is 19.8. The van der Waals surface area contributed by atoms with Gasteiger partial charge >= 0.3 is 5.76 Å². The van der Waals surface area contributed by atoms with Gasteiger partial charge in [0.15, 0.2) is 5.58 Å². The number of β-amino-alcohol motifs (C(OH)–C–C–N with tert-alkyl or cyclic N) is 1. The van der Waals surface area contributed by atoms with Crippen LogP contribution in [0.25, 0.3) is 22.0 Å². The number of aliphatic hydroxyl groups excluding tert-OH is 1. The minimum Gasteiger partial charge on any atom is -0.497 e. The number of aromatic nitrogens is 2. The molecule has 1 aliphatic rings. The summed E-state index contributed by atoms with van der Waals surface area (Å²) >= 11 is 0. The van der Waals surface area contributed by atoms with Gasteiger partial charge in [-0.25, -0.2) is 9.18 Å². The number of rotatable bonds is 7. The SMILES string of the molecule is COc1ccc2nccc(C(O)CN3CCC(NCc4cc5oc(=O)n(C)c5cc4F)CC3)c2c1. The maximum absolute atomic E-state index is 14.5. The van der Waals surface area contributed by atoms with E-state index in [1.165, 1.54) is 10.6 Å². The molecular weight excluding hydrogens is 451 g/mol. The number of oxazole rings is 1. The number of pyridine rings is 1. The summed E-state index contributed by atoms with van der Waals surface area (Å²) in [4.78, 5) is 18.3. The molecule has 2 aromatic heterocycles. The highest BCUT2D eigenvalue weighted by Crippen LogP contribution is 2.28. The van der Waals surface area contributed by atoms with E-state index in [1.807, 2.05) is 24.3 Å². The lowest BCUT2D eigenvalue weighted by Crippen LogP contribution is -2.43. The molecule has 2 aromatic carbocycles. The van der Waals surface area contributed by atoms with Gasteiger partial charge in [0, 0.05) is 49.4 Å². The number of piperidine rings is 1. The van der Waals surface area contributed by atoms with Crippen molar-refractivity contribution in [1.82, 2.24) is 19.8 Å². The first-order valence-electron chi connectivity index (χ1n) is 11.8. The van der Waals surface area contributed by atoms with E-state index in [0.29, 0.717) is 29.8 Å². The van der Waals surface area contributed by atoms with Crippen LogP contribution in [0.15, 0.2) is 51.8 Å². The first-order valence-corrected chi connectivity index (χ1v) is 11.8. The van der Waals surface area contributed by atoms with Crippen LogP contribution >= 0.6 is 0 Å². The van der Waals surface area contributed by atoms with E-state index in [0.717, 1.165) is 48.1 Å². The van der Waals surface area contributed by atoms with E-state index in [-0.39, 0.29) is 11.9 Å². The van der Waals surface area contributed by atoms with Crippen molar-refractivity contribution in [2.75, 3.05) is 26.7 Å². The molecule has 0 saturated carbocycles. The molecule has 1 fully saturated rings. The van der Waals surface area contributed by atoms with Crippen LogP contribution in [0, 0.1) is 5.82 Å². The lowest BCUT2D eigenvalue weighted by Gasteiger charge is -2.33. The molecule has 4 aromatic rings. The number of hydrogen-bond donors (Lipinski definition) is 2. The predicted octanol–water partition coefficient (Wildman–Crippen LogP) is 3.12. The van der Waals surface area contributed by atoms with Gasteiger partial charge in [-0.2, -0.15) is 0 Å². The second-order valence-corrected chi connectivity index (χ2v) is 9.09. The summed E-state index contributed by atoms with van der Waals surface area (Å²) in [5, 5.41) is 15.3. The number of methoxy groups -OCH3 is 1. The molecular formula is C26H29FN4O4. The first-order chi connectivity index (χ1) is 16.9. The molecule has 2 N–H and O–H groups in total. The number of nitrogens with one attached hydrogen (secondary N) is 1. The fourth-order valence-electron chi connectivity index (χ4n) is 4.81. The largest absolute Gasteiger partial charge is 0.497 e. The number of hydrogen-bond acceptors (Lipinski definition) is 7. The molecule has 184 valence electrons. The van der Waals surface area contributed by atoms with Crippen LogP contribution in [0.3, 0.4) is 0 Å². The Morgan fingerprint density at radius 3 is 2.83 bits per heavy atom. The maximum atomic E-state index is 14.5. The molecule has 9 heteroatoms. The predicted molar refractivity (Wildman–Crippen MR) is 131 cm³/mol. The first kappa shape index (κ1) is 23.5. The third-order valence-electron chi connectivity index (χ3n) is 6.90. The van der Waals surface area contributed by atoms with E-state index < -0.39 is 11.9 Å². The molecule has 3 heterocycles.